The van der Waals surface area contributed by atoms with Gasteiger partial charge in [0.05, 0.1) is 21.3 Å². The van der Waals surface area contributed by atoms with Crippen LogP contribution in [0.4, 0.5) is 9.59 Å². The van der Waals surface area contributed by atoms with Crippen LogP contribution in [0.5, 0.6) is 0 Å². The lowest BCUT2D eigenvalue weighted by atomic mass is 9.91. The lowest BCUT2D eigenvalue weighted by Crippen LogP contribution is -2.49. The minimum atomic E-state index is -3.46. The van der Waals surface area contributed by atoms with Crippen LogP contribution in [0.15, 0.2) is 70.5 Å². The Morgan fingerprint density at radius 2 is 0.944 bits per heavy atom. The molecule has 4 N–H and O–H groups in total. The molecule has 1 saturated carbocycles. The second kappa shape index (κ2) is 12.7. The maximum absolute atomic E-state index is 12.3. The summed E-state index contributed by atoms with van der Waals surface area (Å²) < 4.78 is 49.1. The molecule has 1 aliphatic rings. The Hall–Kier alpha value is -3.12. The van der Waals surface area contributed by atoms with Gasteiger partial charge in [-0.25, -0.2) is 26.4 Å². The zero-order chi connectivity index (χ0) is 26.0. The van der Waals surface area contributed by atoms with E-state index in [0.29, 0.717) is 25.7 Å². The number of urea groups is 2. The lowest BCUT2D eigenvalue weighted by molar-refractivity contribution is 0.222. The summed E-state index contributed by atoms with van der Waals surface area (Å²) in [6.07, 6.45) is 2.62. The van der Waals surface area contributed by atoms with E-state index in [4.69, 9.17) is 0 Å². The first-order valence-electron chi connectivity index (χ1n) is 11.8. The minimum Gasteiger partial charge on any atom is -0.337 e. The van der Waals surface area contributed by atoms with Crippen LogP contribution < -0.4 is 21.3 Å². The average molecular weight is 537 g/mol. The van der Waals surface area contributed by atoms with Crippen LogP contribution in [0.1, 0.15) is 25.7 Å². The minimum absolute atomic E-state index is 0.000124. The summed E-state index contributed by atoms with van der Waals surface area (Å²) in [6, 6.07) is 15.2. The highest BCUT2D eigenvalue weighted by molar-refractivity contribution is 7.91. The molecular formula is C24H32N4O6S2. The Bertz CT molecular complexity index is 1120. The summed E-state index contributed by atoms with van der Waals surface area (Å²) in [6.45, 7) is 0.000248. The number of amides is 4. The van der Waals surface area contributed by atoms with E-state index in [-0.39, 0.29) is 46.5 Å². The number of sulfone groups is 2. The first-order chi connectivity index (χ1) is 17.2. The summed E-state index contributed by atoms with van der Waals surface area (Å²) >= 11 is 0. The lowest BCUT2D eigenvalue weighted by Gasteiger charge is -2.29. The van der Waals surface area contributed by atoms with Gasteiger partial charge in [-0.15, -0.1) is 0 Å². The average Bonchev–Trinajstić information content (AvgIpc) is 2.86. The van der Waals surface area contributed by atoms with Crippen molar-refractivity contribution in [3.63, 3.8) is 0 Å². The van der Waals surface area contributed by atoms with Gasteiger partial charge >= 0.3 is 12.1 Å². The molecule has 196 valence electrons. The number of rotatable bonds is 10. The monoisotopic (exact) mass is 536 g/mol. The summed E-state index contributed by atoms with van der Waals surface area (Å²) in [5.74, 6) is -0.383. The van der Waals surface area contributed by atoms with Crippen molar-refractivity contribution in [1.82, 2.24) is 21.3 Å². The van der Waals surface area contributed by atoms with Crippen molar-refractivity contribution in [2.45, 2.75) is 47.6 Å². The van der Waals surface area contributed by atoms with Gasteiger partial charge in [-0.3, -0.25) is 0 Å². The quantitative estimate of drug-likeness (QED) is 0.364. The molecule has 2 aromatic rings. The Labute approximate surface area is 212 Å². The van der Waals surface area contributed by atoms with E-state index in [1.165, 1.54) is 24.3 Å². The highest BCUT2D eigenvalue weighted by atomic mass is 32.2. The van der Waals surface area contributed by atoms with Crippen molar-refractivity contribution < 1.29 is 26.4 Å². The molecule has 0 aliphatic heterocycles. The highest BCUT2D eigenvalue weighted by Gasteiger charge is 2.24. The second-order valence-corrected chi connectivity index (χ2v) is 12.8. The van der Waals surface area contributed by atoms with Crippen molar-refractivity contribution in [2.75, 3.05) is 24.6 Å². The van der Waals surface area contributed by atoms with Crippen molar-refractivity contribution in [3.05, 3.63) is 60.7 Å². The third-order valence-electron chi connectivity index (χ3n) is 5.91. The van der Waals surface area contributed by atoms with Gasteiger partial charge in [-0.2, -0.15) is 0 Å². The van der Waals surface area contributed by atoms with Gasteiger partial charge in [-0.05, 0) is 49.9 Å². The number of nitrogens with one attached hydrogen (secondary N) is 4. The van der Waals surface area contributed by atoms with Crippen molar-refractivity contribution >= 4 is 31.7 Å². The fourth-order valence-corrected chi connectivity index (χ4v) is 6.30. The molecule has 36 heavy (non-hydrogen) atoms. The van der Waals surface area contributed by atoms with Crippen molar-refractivity contribution in [2.24, 2.45) is 0 Å². The van der Waals surface area contributed by atoms with Gasteiger partial charge in [0.15, 0.2) is 19.7 Å². The summed E-state index contributed by atoms with van der Waals surface area (Å²) in [5, 5.41) is 10.9. The molecule has 3 rings (SSSR count). The Balaban J connectivity index is 1.30. The standard InChI is InChI=1S/C24H32N4O6S2/c29-23(25-15-17-35(31,32)21-7-3-1-4-8-21)27-19-11-13-20(14-12-19)28-24(30)26-16-18-36(33,34)22-9-5-2-6-10-22/h1-10,19-20H,11-18H2,(H2,25,27,29)(H2,26,28,30). The molecule has 0 aromatic heterocycles. The van der Waals surface area contributed by atoms with Gasteiger partial charge in [0.1, 0.15) is 0 Å². The van der Waals surface area contributed by atoms with Gasteiger partial charge in [-0.1, -0.05) is 36.4 Å². The van der Waals surface area contributed by atoms with E-state index < -0.39 is 31.7 Å². The molecule has 0 saturated heterocycles. The zero-order valence-corrected chi connectivity index (χ0v) is 21.5. The van der Waals surface area contributed by atoms with Crippen LogP contribution in [0.3, 0.4) is 0 Å². The van der Waals surface area contributed by atoms with E-state index in [2.05, 4.69) is 21.3 Å². The molecule has 1 fully saturated rings. The zero-order valence-electron chi connectivity index (χ0n) is 19.9. The normalized spacial score (nSPS) is 18.1. The van der Waals surface area contributed by atoms with Crippen LogP contribution in [0.2, 0.25) is 0 Å². The molecule has 2 aromatic carbocycles. The molecule has 0 bridgehead atoms. The van der Waals surface area contributed by atoms with Crippen molar-refractivity contribution in [1.29, 1.82) is 0 Å². The van der Waals surface area contributed by atoms with Gasteiger partial charge in [0, 0.05) is 25.2 Å². The smallest absolute Gasteiger partial charge is 0.315 e. The van der Waals surface area contributed by atoms with E-state index in [9.17, 15) is 26.4 Å². The Morgan fingerprint density at radius 3 is 1.28 bits per heavy atom. The molecule has 0 unspecified atom stereocenters. The SMILES string of the molecule is O=C(NCCS(=O)(=O)c1ccccc1)NC1CCC(NC(=O)NCCS(=O)(=O)c2ccccc2)CC1. The van der Waals surface area contributed by atoms with Gasteiger partial charge in [0.25, 0.3) is 0 Å². The molecule has 1 aliphatic carbocycles. The molecular weight excluding hydrogens is 504 g/mol. The number of carbonyl (C=O) groups is 2. The molecule has 10 nitrogen and oxygen atoms in total. The molecule has 0 spiro atoms. The number of benzene rings is 2. The first kappa shape index (κ1) is 27.5. The van der Waals surface area contributed by atoms with E-state index in [1.54, 1.807) is 36.4 Å². The second-order valence-electron chi connectivity index (χ2n) is 8.61. The topological polar surface area (TPSA) is 151 Å². The summed E-state index contributed by atoms with van der Waals surface area (Å²) in [7, 11) is -6.92. The van der Waals surface area contributed by atoms with E-state index in [1.807, 2.05) is 0 Å². The number of carbonyl (C=O) groups excluding carboxylic acids is 2. The number of hydrogen-bond acceptors (Lipinski definition) is 6. The molecule has 4 amide bonds. The van der Waals surface area contributed by atoms with Gasteiger partial charge < -0.3 is 21.3 Å². The molecule has 12 heteroatoms. The van der Waals surface area contributed by atoms with Crippen LogP contribution in [-0.4, -0.2) is 65.6 Å². The first-order valence-corrected chi connectivity index (χ1v) is 15.1. The molecule has 0 radical (unpaired) electrons. The predicted octanol–water partition coefficient (Wildman–Crippen LogP) is 1.84. The third kappa shape index (κ3) is 8.52. The van der Waals surface area contributed by atoms with Crippen LogP contribution in [0, 0.1) is 0 Å². The van der Waals surface area contributed by atoms with E-state index in [0.717, 1.165) is 0 Å². The maximum Gasteiger partial charge on any atom is 0.315 e. The van der Waals surface area contributed by atoms with Crippen LogP contribution in [0.25, 0.3) is 0 Å². The fraction of sp³-hybridized carbons (Fsp3) is 0.417. The largest absolute Gasteiger partial charge is 0.337 e. The van der Waals surface area contributed by atoms with Crippen molar-refractivity contribution in [3.8, 4) is 0 Å². The maximum atomic E-state index is 12.3. The molecule has 0 heterocycles. The summed E-state index contributed by atoms with van der Waals surface area (Å²) in [4.78, 5) is 24.7. The predicted molar refractivity (Wildman–Crippen MR) is 136 cm³/mol. The number of hydrogen-bond donors (Lipinski definition) is 4. The van der Waals surface area contributed by atoms with Gasteiger partial charge in [0.2, 0.25) is 0 Å². The summed E-state index contributed by atoms with van der Waals surface area (Å²) in [5.41, 5.74) is 0. The van der Waals surface area contributed by atoms with Crippen LogP contribution in [-0.2, 0) is 19.7 Å². The van der Waals surface area contributed by atoms with Crippen LogP contribution >= 0.6 is 0 Å². The third-order valence-corrected chi connectivity index (χ3v) is 9.38. The molecule has 0 atom stereocenters. The Kier molecular flexibility index (Phi) is 9.71. The Morgan fingerprint density at radius 1 is 0.611 bits per heavy atom. The van der Waals surface area contributed by atoms with E-state index >= 15 is 0 Å². The highest BCUT2D eigenvalue weighted by Crippen LogP contribution is 2.18. The fourth-order valence-electron chi connectivity index (χ4n) is 3.94.